The van der Waals surface area contributed by atoms with Gasteiger partial charge in [-0.3, -0.25) is 4.79 Å². The summed E-state index contributed by atoms with van der Waals surface area (Å²) in [6.07, 6.45) is 1.73. The zero-order chi connectivity index (χ0) is 12.7. The lowest BCUT2D eigenvalue weighted by Crippen LogP contribution is -2.34. The van der Waals surface area contributed by atoms with Gasteiger partial charge in [0.05, 0.1) is 0 Å². The highest BCUT2D eigenvalue weighted by molar-refractivity contribution is 9.10. The van der Waals surface area contributed by atoms with Crippen LogP contribution in [-0.2, 0) is 11.2 Å². The quantitative estimate of drug-likeness (QED) is 0.846. The van der Waals surface area contributed by atoms with Gasteiger partial charge in [-0.15, -0.1) is 0 Å². The molecule has 0 saturated carbocycles. The van der Waals surface area contributed by atoms with Crippen LogP contribution >= 0.6 is 15.9 Å². The molecule has 2 N–H and O–H groups in total. The first-order valence-corrected chi connectivity index (χ1v) is 6.56. The second-order valence-corrected chi connectivity index (χ2v) is 5.04. The van der Waals surface area contributed by atoms with Crippen molar-refractivity contribution < 1.29 is 9.90 Å². The molecule has 1 rings (SSSR count). The fraction of sp³-hybridized carbons (Fsp3) is 0.462. The van der Waals surface area contributed by atoms with E-state index in [4.69, 9.17) is 5.11 Å². The van der Waals surface area contributed by atoms with E-state index in [2.05, 4.69) is 21.2 Å². The van der Waals surface area contributed by atoms with Gasteiger partial charge in [0.2, 0.25) is 5.91 Å². The summed E-state index contributed by atoms with van der Waals surface area (Å²) in [4.78, 5) is 11.4. The zero-order valence-electron chi connectivity index (χ0n) is 9.95. The van der Waals surface area contributed by atoms with E-state index in [1.807, 2.05) is 31.2 Å². The average molecular weight is 300 g/mol. The van der Waals surface area contributed by atoms with Crippen molar-refractivity contribution in [1.29, 1.82) is 0 Å². The van der Waals surface area contributed by atoms with Crippen molar-refractivity contribution in [2.45, 2.75) is 32.2 Å². The Kier molecular flexibility index (Phi) is 6.22. The summed E-state index contributed by atoms with van der Waals surface area (Å²) in [5, 5.41) is 11.5. The van der Waals surface area contributed by atoms with Gasteiger partial charge in [0.15, 0.2) is 0 Å². The Hall–Kier alpha value is -0.870. The highest BCUT2D eigenvalue weighted by Gasteiger charge is 2.07. The number of carbonyl (C=O) groups is 1. The van der Waals surface area contributed by atoms with E-state index in [0.29, 0.717) is 12.8 Å². The van der Waals surface area contributed by atoms with Crippen molar-refractivity contribution in [1.82, 2.24) is 5.32 Å². The van der Waals surface area contributed by atoms with Crippen LogP contribution in [0, 0.1) is 0 Å². The molecule has 0 bridgehead atoms. The zero-order valence-corrected chi connectivity index (χ0v) is 11.5. The van der Waals surface area contributed by atoms with Crippen LogP contribution in [0.4, 0.5) is 0 Å². The fourth-order valence-electron chi connectivity index (χ4n) is 1.61. The summed E-state index contributed by atoms with van der Waals surface area (Å²) in [5.41, 5.74) is 1.20. The van der Waals surface area contributed by atoms with Crippen molar-refractivity contribution >= 4 is 21.8 Å². The van der Waals surface area contributed by atoms with Crippen molar-refractivity contribution in [3.63, 3.8) is 0 Å². The number of carbonyl (C=O) groups excluding carboxylic acids is 1. The van der Waals surface area contributed by atoms with Gasteiger partial charge in [-0.1, -0.05) is 28.1 Å². The van der Waals surface area contributed by atoms with Crippen molar-refractivity contribution in [2.75, 3.05) is 6.61 Å². The molecule has 4 heteroatoms. The van der Waals surface area contributed by atoms with Crippen LogP contribution in [-0.4, -0.2) is 23.7 Å². The highest BCUT2D eigenvalue weighted by Crippen LogP contribution is 2.11. The summed E-state index contributed by atoms with van der Waals surface area (Å²) in [5.74, 6) is 0.00339. The molecule has 3 nitrogen and oxygen atoms in total. The van der Waals surface area contributed by atoms with Crippen molar-refractivity contribution in [3.05, 3.63) is 34.3 Å². The summed E-state index contributed by atoms with van der Waals surface area (Å²) >= 11 is 3.39. The number of benzene rings is 1. The lowest BCUT2D eigenvalue weighted by molar-refractivity contribution is -0.121. The minimum atomic E-state index is 0.00339. The average Bonchev–Trinajstić information content (AvgIpc) is 2.29. The van der Waals surface area contributed by atoms with E-state index in [9.17, 15) is 4.79 Å². The predicted molar refractivity (Wildman–Crippen MR) is 71.8 cm³/mol. The molecule has 17 heavy (non-hydrogen) atoms. The molecule has 1 aromatic carbocycles. The molecule has 0 aromatic heterocycles. The molecule has 1 amide bonds. The molecular weight excluding hydrogens is 282 g/mol. The summed E-state index contributed by atoms with van der Waals surface area (Å²) in [6.45, 7) is 2.05. The van der Waals surface area contributed by atoms with Crippen LogP contribution < -0.4 is 5.32 Å². The summed E-state index contributed by atoms with van der Waals surface area (Å²) in [7, 11) is 0. The first-order valence-electron chi connectivity index (χ1n) is 5.76. The monoisotopic (exact) mass is 299 g/mol. The molecule has 0 radical (unpaired) electrons. The largest absolute Gasteiger partial charge is 0.396 e. The maximum atomic E-state index is 11.4. The Labute approximate surface area is 110 Å². The van der Waals surface area contributed by atoms with E-state index in [1.165, 1.54) is 5.56 Å². The Bertz CT molecular complexity index is 351. The molecule has 0 spiro atoms. The molecule has 1 unspecified atom stereocenters. The lowest BCUT2D eigenvalue weighted by Gasteiger charge is -2.13. The maximum Gasteiger partial charge on any atom is 0.220 e. The number of aliphatic hydroxyl groups excluding tert-OH is 1. The van der Waals surface area contributed by atoms with Gasteiger partial charge in [0, 0.05) is 23.5 Å². The molecule has 0 aliphatic carbocycles. The first kappa shape index (κ1) is 14.2. The molecule has 94 valence electrons. The third kappa shape index (κ3) is 5.84. The number of nitrogens with one attached hydrogen (secondary N) is 1. The van der Waals surface area contributed by atoms with E-state index in [-0.39, 0.29) is 18.6 Å². The molecule has 0 aliphatic rings. The van der Waals surface area contributed by atoms with Crippen LogP contribution in [0.2, 0.25) is 0 Å². The van der Waals surface area contributed by atoms with Gasteiger partial charge in [-0.2, -0.15) is 0 Å². The van der Waals surface area contributed by atoms with Crippen LogP contribution in [0.5, 0.6) is 0 Å². The summed E-state index contributed by atoms with van der Waals surface area (Å²) in [6, 6.07) is 8.19. The Morgan fingerprint density at radius 1 is 1.41 bits per heavy atom. The molecule has 0 saturated heterocycles. The molecular formula is C13H18BrNO2. The van der Waals surface area contributed by atoms with Crippen LogP contribution in [0.25, 0.3) is 0 Å². The molecule has 0 aliphatic heterocycles. The second-order valence-electron chi connectivity index (χ2n) is 4.13. The molecule has 0 heterocycles. The van der Waals surface area contributed by atoms with Crippen molar-refractivity contribution in [3.8, 4) is 0 Å². The molecule has 1 aromatic rings. The highest BCUT2D eigenvalue weighted by atomic mass is 79.9. The van der Waals surface area contributed by atoms with Gasteiger partial charge < -0.3 is 10.4 Å². The van der Waals surface area contributed by atoms with Crippen molar-refractivity contribution in [2.24, 2.45) is 0 Å². The smallest absolute Gasteiger partial charge is 0.220 e. The molecule has 1 atom stereocenters. The Morgan fingerprint density at radius 3 is 2.65 bits per heavy atom. The van der Waals surface area contributed by atoms with E-state index < -0.39 is 0 Å². The molecule has 0 fully saturated rings. The maximum absolute atomic E-state index is 11.4. The Balaban J connectivity index is 2.36. The topological polar surface area (TPSA) is 49.3 Å². The number of hydrogen-bond donors (Lipinski definition) is 2. The number of aliphatic hydroxyl groups is 1. The SMILES string of the molecule is CC(Cc1ccc(Br)cc1)NC(=O)CCCO. The van der Waals surface area contributed by atoms with Gasteiger partial charge >= 0.3 is 0 Å². The number of rotatable bonds is 6. The van der Waals surface area contributed by atoms with E-state index in [0.717, 1.165) is 10.9 Å². The van der Waals surface area contributed by atoms with Gasteiger partial charge in [-0.25, -0.2) is 0 Å². The number of amides is 1. The summed E-state index contributed by atoms with van der Waals surface area (Å²) < 4.78 is 1.06. The van der Waals surface area contributed by atoms with Crippen LogP contribution in [0.1, 0.15) is 25.3 Å². The van der Waals surface area contributed by atoms with Gasteiger partial charge in [0.1, 0.15) is 0 Å². The fourth-order valence-corrected chi connectivity index (χ4v) is 1.88. The van der Waals surface area contributed by atoms with E-state index >= 15 is 0 Å². The lowest BCUT2D eigenvalue weighted by atomic mass is 10.1. The number of hydrogen-bond acceptors (Lipinski definition) is 2. The van der Waals surface area contributed by atoms with E-state index in [1.54, 1.807) is 0 Å². The second kappa shape index (κ2) is 7.45. The van der Waals surface area contributed by atoms with Crippen LogP contribution in [0.3, 0.4) is 0 Å². The Morgan fingerprint density at radius 2 is 2.06 bits per heavy atom. The number of halogens is 1. The standard InChI is InChI=1S/C13H18BrNO2/c1-10(15-13(17)3-2-8-16)9-11-4-6-12(14)7-5-11/h4-7,10,16H,2-3,8-9H2,1H3,(H,15,17). The normalized spacial score (nSPS) is 12.2. The third-order valence-corrected chi connectivity index (χ3v) is 2.95. The van der Waals surface area contributed by atoms with Crippen LogP contribution in [0.15, 0.2) is 28.7 Å². The van der Waals surface area contributed by atoms with Gasteiger partial charge in [-0.05, 0) is 37.5 Å². The predicted octanol–water partition coefficient (Wildman–Crippen LogP) is 2.27. The third-order valence-electron chi connectivity index (χ3n) is 2.42. The minimum Gasteiger partial charge on any atom is -0.396 e. The van der Waals surface area contributed by atoms with Gasteiger partial charge in [0.25, 0.3) is 0 Å². The first-order chi connectivity index (χ1) is 8.11. The minimum absolute atomic E-state index is 0.00339.